The molecule has 1 aromatic carbocycles. The van der Waals surface area contributed by atoms with Gasteiger partial charge in [0.15, 0.2) is 6.10 Å². The first-order valence-corrected chi connectivity index (χ1v) is 27.9. The molecule has 6 aliphatic rings. The SMILES string of the molecule is CCC[C@H](NC(=O)[C@@H]1C2CCC[C@H]2CN1C(=O)[C@@H](NC(=O)[C@@H](NC(=O)c1cnc(NCCOCCOCCNc2cccc3c2CN(C2CCC(=O)NC2=O)C3=O)cn1)C1CCCCC1)C(C)(C)C)C(O)C(=O)NC1CC1. The minimum atomic E-state index is -1.43. The summed E-state index contributed by atoms with van der Waals surface area (Å²) in [7, 11) is 0. The van der Waals surface area contributed by atoms with Crippen LogP contribution in [0.25, 0.3) is 0 Å². The van der Waals surface area contributed by atoms with Crippen molar-refractivity contribution in [3.63, 3.8) is 0 Å². The Morgan fingerprint density at radius 2 is 1.57 bits per heavy atom. The van der Waals surface area contributed by atoms with Crippen molar-refractivity contribution in [2.75, 3.05) is 56.7 Å². The molecular weight excluding hydrogens is 991 g/mol. The van der Waals surface area contributed by atoms with E-state index in [1.54, 1.807) is 17.0 Å². The van der Waals surface area contributed by atoms with Crippen LogP contribution >= 0.6 is 0 Å². The summed E-state index contributed by atoms with van der Waals surface area (Å²) in [6, 6.07) is 1.10. The van der Waals surface area contributed by atoms with Crippen LogP contribution in [0, 0.1) is 23.2 Å². The molecule has 0 bridgehead atoms. The quantitative estimate of drug-likeness (QED) is 0.0524. The molecule has 77 heavy (non-hydrogen) atoms. The van der Waals surface area contributed by atoms with E-state index in [4.69, 9.17) is 9.47 Å². The van der Waals surface area contributed by atoms with Crippen LogP contribution in [-0.2, 0) is 44.8 Å². The average Bonchev–Trinajstić information content (AvgIpc) is 3.95. The van der Waals surface area contributed by atoms with E-state index >= 15 is 0 Å². The van der Waals surface area contributed by atoms with E-state index in [1.165, 1.54) is 17.3 Å². The van der Waals surface area contributed by atoms with Crippen molar-refractivity contribution in [3.05, 3.63) is 47.4 Å². The van der Waals surface area contributed by atoms with Gasteiger partial charge in [0.1, 0.15) is 35.7 Å². The first kappa shape index (κ1) is 56.9. The first-order chi connectivity index (χ1) is 37.0. The molecule has 1 aromatic heterocycles. The number of piperidine rings is 1. The summed E-state index contributed by atoms with van der Waals surface area (Å²) in [5.74, 6) is -3.16. The smallest absolute Gasteiger partial charge is 0.272 e. The fourth-order valence-electron chi connectivity index (χ4n) is 11.7. The lowest BCUT2D eigenvalue weighted by atomic mass is 9.82. The van der Waals surface area contributed by atoms with Gasteiger partial charge in [-0.1, -0.05) is 65.9 Å². The normalized spacial score (nSPS) is 23.0. The molecule has 0 radical (unpaired) electrons. The maximum absolute atomic E-state index is 14.9. The number of anilines is 2. The third-order valence-corrected chi connectivity index (χ3v) is 16.0. The number of carbonyl (C=O) groups is 8. The fourth-order valence-corrected chi connectivity index (χ4v) is 11.7. The molecule has 3 aliphatic carbocycles. The van der Waals surface area contributed by atoms with Gasteiger partial charge in [0.05, 0.1) is 44.9 Å². The third kappa shape index (κ3) is 14.3. The van der Waals surface area contributed by atoms with Gasteiger partial charge in [-0.15, -0.1) is 0 Å². The summed E-state index contributed by atoms with van der Waals surface area (Å²) < 4.78 is 11.5. The van der Waals surface area contributed by atoms with Gasteiger partial charge in [-0.3, -0.25) is 43.7 Å². The number of nitrogens with zero attached hydrogens (tertiary/aromatic N) is 4. The van der Waals surface area contributed by atoms with E-state index in [1.807, 2.05) is 33.8 Å². The van der Waals surface area contributed by atoms with E-state index in [-0.39, 0.29) is 60.2 Å². The number of aromatic nitrogens is 2. The number of nitrogens with one attached hydrogen (secondary N) is 7. The predicted molar refractivity (Wildman–Crippen MR) is 283 cm³/mol. The molecule has 420 valence electrons. The molecule has 3 aliphatic heterocycles. The van der Waals surface area contributed by atoms with Crippen LogP contribution < -0.4 is 37.2 Å². The number of aliphatic hydroxyl groups is 1. The maximum atomic E-state index is 14.9. The van der Waals surface area contributed by atoms with Gasteiger partial charge in [-0.2, -0.15) is 0 Å². The number of likely N-dealkylation sites (tertiary alicyclic amines) is 1. The molecule has 22 heteroatoms. The molecule has 5 fully saturated rings. The molecule has 2 saturated heterocycles. The van der Waals surface area contributed by atoms with Crippen molar-refractivity contribution in [2.45, 2.75) is 166 Å². The second-order valence-corrected chi connectivity index (χ2v) is 22.7. The van der Waals surface area contributed by atoms with Crippen LogP contribution in [0.15, 0.2) is 30.6 Å². The number of benzene rings is 1. The highest BCUT2D eigenvalue weighted by Gasteiger charge is 2.53. The molecule has 8 atom stereocenters. The number of hydrogen-bond donors (Lipinski definition) is 8. The molecule has 2 aromatic rings. The number of ether oxygens (including phenoxy) is 2. The Morgan fingerprint density at radius 1 is 0.831 bits per heavy atom. The third-order valence-electron chi connectivity index (χ3n) is 16.0. The molecule has 22 nitrogen and oxygen atoms in total. The Kier molecular flexibility index (Phi) is 19.2. The van der Waals surface area contributed by atoms with E-state index in [2.05, 4.69) is 47.2 Å². The number of amides is 8. The monoisotopic (exact) mass is 1070 g/mol. The number of imide groups is 1. The van der Waals surface area contributed by atoms with Gasteiger partial charge in [0.25, 0.3) is 17.7 Å². The lowest BCUT2D eigenvalue weighted by molar-refractivity contribution is -0.146. The Balaban J connectivity index is 0.792. The number of fused-ring (bicyclic) bond motifs is 2. The first-order valence-electron chi connectivity index (χ1n) is 27.9. The second kappa shape index (κ2) is 25.9. The van der Waals surface area contributed by atoms with E-state index in [9.17, 15) is 43.5 Å². The van der Waals surface area contributed by atoms with Crippen molar-refractivity contribution in [2.24, 2.45) is 23.2 Å². The molecule has 3 unspecified atom stereocenters. The molecule has 0 spiro atoms. The Morgan fingerprint density at radius 3 is 2.25 bits per heavy atom. The minimum Gasteiger partial charge on any atom is -0.382 e. The van der Waals surface area contributed by atoms with Gasteiger partial charge in [-0.05, 0) is 86.7 Å². The lowest BCUT2D eigenvalue weighted by Gasteiger charge is -2.38. The molecule has 4 heterocycles. The highest BCUT2D eigenvalue weighted by Crippen LogP contribution is 2.43. The number of aliphatic hydroxyl groups excluding tert-OH is 1. The van der Waals surface area contributed by atoms with Crippen molar-refractivity contribution >= 4 is 58.8 Å². The summed E-state index contributed by atoms with van der Waals surface area (Å²) in [4.78, 5) is 120. The predicted octanol–water partition coefficient (Wildman–Crippen LogP) is 2.56. The van der Waals surface area contributed by atoms with Crippen LogP contribution in [0.3, 0.4) is 0 Å². The summed E-state index contributed by atoms with van der Waals surface area (Å²) in [5.41, 5.74) is 1.35. The Labute approximate surface area is 450 Å². The lowest BCUT2D eigenvalue weighted by Crippen LogP contribution is -2.62. The van der Waals surface area contributed by atoms with Gasteiger partial charge in [0.2, 0.25) is 29.5 Å². The van der Waals surface area contributed by atoms with Crippen LogP contribution in [0.2, 0.25) is 0 Å². The Hall–Kier alpha value is -6.26. The zero-order chi connectivity index (χ0) is 54.8. The van der Waals surface area contributed by atoms with Gasteiger partial charge >= 0.3 is 0 Å². The molecule has 8 rings (SSSR count). The highest BCUT2D eigenvalue weighted by atomic mass is 16.5. The topological polar surface area (TPSA) is 292 Å². The summed E-state index contributed by atoms with van der Waals surface area (Å²) in [6.07, 6.45) is 11.3. The zero-order valence-electron chi connectivity index (χ0n) is 45.0. The van der Waals surface area contributed by atoms with Gasteiger partial charge in [-0.25, -0.2) is 9.97 Å². The molecule has 8 amide bonds. The van der Waals surface area contributed by atoms with E-state index in [0.29, 0.717) is 89.5 Å². The van der Waals surface area contributed by atoms with Gasteiger partial charge < -0.3 is 56.3 Å². The number of hydrogen-bond acceptors (Lipinski definition) is 15. The maximum Gasteiger partial charge on any atom is 0.272 e. The minimum absolute atomic E-state index is 0.0174. The average molecular weight is 1070 g/mol. The molecule has 3 saturated carbocycles. The van der Waals surface area contributed by atoms with Crippen molar-refractivity contribution in [3.8, 4) is 0 Å². The number of carbonyl (C=O) groups excluding carboxylic acids is 8. The summed E-state index contributed by atoms with van der Waals surface area (Å²) in [6.45, 7) is 10.4. The van der Waals surface area contributed by atoms with Crippen LogP contribution in [0.4, 0.5) is 11.5 Å². The largest absolute Gasteiger partial charge is 0.382 e. The summed E-state index contributed by atoms with van der Waals surface area (Å²) >= 11 is 0. The van der Waals surface area contributed by atoms with Crippen LogP contribution in [0.5, 0.6) is 0 Å². The van der Waals surface area contributed by atoms with Crippen LogP contribution in [-0.4, -0.2) is 161 Å². The van der Waals surface area contributed by atoms with E-state index < -0.39 is 71.3 Å². The van der Waals surface area contributed by atoms with Crippen LogP contribution in [0.1, 0.15) is 144 Å². The molecule has 8 N–H and O–H groups in total. The fraction of sp³-hybridized carbons (Fsp3) is 0.673. The molecular formula is C55H79N11O11. The zero-order valence-corrected chi connectivity index (χ0v) is 45.0. The highest BCUT2D eigenvalue weighted by molar-refractivity contribution is 6.06. The van der Waals surface area contributed by atoms with Crippen molar-refractivity contribution < 1.29 is 52.9 Å². The van der Waals surface area contributed by atoms with Crippen molar-refractivity contribution in [1.82, 2.24) is 46.4 Å². The van der Waals surface area contributed by atoms with E-state index in [0.717, 1.165) is 62.6 Å². The standard InChI is InChI=1S/C55H79N11O11/c1-5-11-39(46(68)52(73)60-34-18-19-34)61-51(72)45-35-15-9-14-33(35)30-66(45)54(75)47(55(2,3)4)64-50(71)44(32-12-7-6-8-13-32)63-48(69)40-28-59-42(29-58-40)57-23-25-77-27-26-76-24-22-56-38-17-10-16-36-37(38)31-65(53(36)74)41-20-21-43(67)62-49(41)70/h10,16-17,28-29,32-35,39,41,44-47,56,68H,5-9,11-15,18-27,30-31H2,1-4H3,(H,57,59)(H,60,73)(H,61,72)(H,63,69)(H,64,71)(H,62,67,70)/t33-,35?,39-,41?,44-,45-,46?,47+/m0/s1. The van der Waals surface area contributed by atoms with Gasteiger partial charge in [0, 0.05) is 55.5 Å². The number of rotatable bonds is 25. The summed E-state index contributed by atoms with van der Waals surface area (Å²) in [5, 5.41) is 31.7. The van der Waals surface area contributed by atoms with Crippen molar-refractivity contribution in [1.29, 1.82) is 0 Å². The Bertz CT molecular complexity index is 2460. The second-order valence-electron chi connectivity index (χ2n) is 22.7.